The summed E-state index contributed by atoms with van der Waals surface area (Å²) in [6.45, 7) is 3.12. The smallest absolute Gasteiger partial charge is 0.244 e. The van der Waals surface area contributed by atoms with Gasteiger partial charge in [0.1, 0.15) is 17.5 Å². The average molecular weight is 424 g/mol. The molecule has 0 aromatic heterocycles. The lowest BCUT2D eigenvalue weighted by molar-refractivity contribution is -0.605. The van der Waals surface area contributed by atoms with Gasteiger partial charge in [0, 0.05) is 19.9 Å². The quantitative estimate of drug-likeness (QED) is 0.567. The van der Waals surface area contributed by atoms with E-state index in [1.807, 2.05) is 0 Å². The molecule has 1 heterocycles. The molecule has 1 saturated heterocycles. The van der Waals surface area contributed by atoms with Gasteiger partial charge in [0.05, 0.1) is 0 Å². The van der Waals surface area contributed by atoms with E-state index in [0.29, 0.717) is 21.2 Å². The van der Waals surface area contributed by atoms with Crippen molar-refractivity contribution < 1.29 is 9.85 Å². The molecular weight excluding hydrogens is 405 g/mol. The van der Waals surface area contributed by atoms with Crippen molar-refractivity contribution in [2.24, 2.45) is 5.41 Å². The minimum absolute atomic E-state index is 0.361. The zero-order chi connectivity index (χ0) is 20.6. The lowest BCUT2D eigenvalue weighted by Crippen LogP contribution is -2.63. The molecule has 0 amide bonds. The zero-order valence-electron chi connectivity index (χ0n) is 15.2. The van der Waals surface area contributed by atoms with Crippen molar-refractivity contribution in [3.63, 3.8) is 0 Å². The number of hydrogen-bond donors (Lipinski definition) is 1. The minimum atomic E-state index is -1.29. The Morgan fingerprint density at radius 3 is 1.50 bits per heavy atom. The van der Waals surface area contributed by atoms with Gasteiger partial charge in [0.15, 0.2) is 0 Å². The van der Waals surface area contributed by atoms with E-state index in [0.717, 1.165) is 0 Å². The predicted octanol–water partition coefficient (Wildman–Crippen LogP) is 4.70. The number of halogens is 2. The topological polar surface area (TPSA) is 98.3 Å². The molecule has 1 N–H and O–H groups in total. The molecule has 7 nitrogen and oxygen atoms in total. The Labute approximate surface area is 171 Å². The van der Waals surface area contributed by atoms with Crippen LogP contribution in [0.1, 0.15) is 37.1 Å². The van der Waals surface area contributed by atoms with Crippen molar-refractivity contribution in [3.8, 4) is 0 Å². The number of nitrogens with zero attached hydrogens (tertiary/aromatic N) is 2. The second kappa shape index (κ2) is 7.66. The van der Waals surface area contributed by atoms with E-state index < -0.39 is 39.4 Å². The first-order valence-electron chi connectivity index (χ1n) is 8.68. The van der Waals surface area contributed by atoms with Gasteiger partial charge in [-0.05, 0) is 37.1 Å². The van der Waals surface area contributed by atoms with Gasteiger partial charge in [-0.2, -0.15) is 0 Å². The molecule has 3 rings (SSSR count). The Bertz CT molecular complexity index is 850. The molecule has 0 saturated carbocycles. The van der Waals surface area contributed by atoms with Crippen molar-refractivity contribution in [2.75, 3.05) is 0 Å². The van der Waals surface area contributed by atoms with Crippen molar-refractivity contribution in [1.29, 1.82) is 0 Å². The summed E-state index contributed by atoms with van der Waals surface area (Å²) in [6.07, 6.45) is 0. The maximum absolute atomic E-state index is 12.0. The first-order chi connectivity index (χ1) is 13.2. The molecule has 28 heavy (non-hydrogen) atoms. The summed E-state index contributed by atoms with van der Waals surface area (Å²) < 4.78 is 0. The largest absolute Gasteiger partial charge is 0.291 e. The third kappa shape index (κ3) is 3.45. The van der Waals surface area contributed by atoms with Gasteiger partial charge in [-0.1, -0.05) is 59.6 Å². The third-order valence-electron chi connectivity index (χ3n) is 5.45. The Balaban J connectivity index is 2.21. The molecule has 1 fully saturated rings. The summed E-state index contributed by atoms with van der Waals surface area (Å²) >= 11 is 12.6. The second-order valence-electron chi connectivity index (χ2n) is 7.45. The van der Waals surface area contributed by atoms with E-state index in [2.05, 4.69) is 5.32 Å². The van der Waals surface area contributed by atoms with Crippen LogP contribution in [0.2, 0.25) is 10.0 Å². The van der Waals surface area contributed by atoms with Crippen LogP contribution in [0.5, 0.6) is 0 Å². The average Bonchev–Trinajstić information content (AvgIpc) is 2.60. The van der Waals surface area contributed by atoms with Crippen LogP contribution in [-0.4, -0.2) is 21.9 Å². The van der Waals surface area contributed by atoms with Gasteiger partial charge >= 0.3 is 0 Å². The molecule has 0 aliphatic carbocycles. The minimum Gasteiger partial charge on any atom is -0.291 e. The molecule has 0 bridgehead atoms. The van der Waals surface area contributed by atoms with Crippen LogP contribution in [-0.2, 0) is 0 Å². The maximum atomic E-state index is 12.0. The first kappa shape index (κ1) is 20.5. The van der Waals surface area contributed by atoms with Gasteiger partial charge in [0.25, 0.3) is 0 Å². The zero-order valence-corrected chi connectivity index (χ0v) is 16.7. The fraction of sp³-hybridized carbons (Fsp3) is 0.368. The Kier molecular flexibility index (Phi) is 5.61. The van der Waals surface area contributed by atoms with E-state index in [9.17, 15) is 20.2 Å². The fourth-order valence-corrected chi connectivity index (χ4v) is 4.68. The van der Waals surface area contributed by atoms with E-state index in [-0.39, 0.29) is 0 Å². The molecule has 0 spiro atoms. The summed E-state index contributed by atoms with van der Waals surface area (Å²) in [5, 5.41) is 27.9. The van der Waals surface area contributed by atoms with E-state index in [1.165, 1.54) is 0 Å². The summed E-state index contributed by atoms with van der Waals surface area (Å²) in [5.41, 5.74) is -0.234. The lowest BCUT2D eigenvalue weighted by Gasteiger charge is -2.44. The second-order valence-corrected chi connectivity index (χ2v) is 8.26. The van der Waals surface area contributed by atoms with Crippen LogP contribution in [0.3, 0.4) is 0 Å². The highest BCUT2D eigenvalue weighted by molar-refractivity contribution is 6.31. The molecule has 2 aromatic carbocycles. The molecule has 1 aliphatic heterocycles. The molecule has 148 valence electrons. The van der Waals surface area contributed by atoms with Crippen LogP contribution in [0.25, 0.3) is 0 Å². The van der Waals surface area contributed by atoms with Crippen molar-refractivity contribution >= 4 is 23.2 Å². The van der Waals surface area contributed by atoms with Crippen molar-refractivity contribution in [1.82, 2.24) is 5.32 Å². The summed E-state index contributed by atoms with van der Waals surface area (Å²) in [4.78, 5) is 23.1. The van der Waals surface area contributed by atoms with Gasteiger partial charge in [0.2, 0.25) is 12.1 Å². The molecule has 2 aromatic rings. The van der Waals surface area contributed by atoms with Gasteiger partial charge in [-0.3, -0.25) is 25.5 Å². The first-order valence-corrected chi connectivity index (χ1v) is 9.43. The van der Waals surface area contributed by atoms with Gasteiger partial charge in [-0.15, -0.1) is 0 Å². The Morgan fingerprint density at radius 1 is 0.821 bits per heavy atom. The summed E-state index contributed by atoms with van der Waals surface area (Å²) in [5.74, 6) is 0. The summed E-state index contributed by atoms with van der Waals surface area (Å²) in [6, 6.07) is 9.44. The molecular formula is C19H19Cl2N3O4. The fourth-order valence-electron chi connectivity index (χ4n) is 4.17. The number of rotatable bonds is 4. The highest BCUT2D eigenvalue weighted by atomic mass is 35.5. The standard InChI is InChI=1S/C19H19Cl2N3O4/c1-19(2)17(23(25)26)15(11-7-3-5-9-13(11)20)22-16(18(19)24(27)28)12-8-4-6-10-14(12)21/h3-10,15-18,22H,1-2H3/t15-,16+,17-,18-/m1/s1. The predicted molar refractivity (Wildman–Crippen MR) is 107 cm³/mol. The van der Waals surface area contributed by atoms with Crippen LogP contribution >= 0.6 is 23.2 Å². The molecule has 0 radical (unpaired) electrons. The monoisotopic (exact) mass is 423 g/mol. The van der Waals surface area contributed by atoms with Crippen molar-refractivity contribution in [3.05, 3.63) is 89.9 Å². The number of piperidine rings is 1. The third-order valence-corrected chi connectivity index (χ3v) is 6.14. The van der Waals surface area contributed by atoms with E-state index in [1.54, 1.807) is 62.4 Å². The maximum Gasteiger partial charge on any atom is 0.244 e. The van der Waals surface area contributed by atoms with Gasteiger partial charge in [-0.25, -0.2) is 0 Å². The highest BCUT2D eigenvalue weighted by Gasteiger charge is 2.63. The van der Waals surface area contributed by atoms with Crippen LogP contribution < -0.4 is 5.32 Å². The van der Waals surface area contributed by atoms with Gasteiger partial charge < -0.3 is 0 Å². The molecule has 9 heteroatoms. The Morgan fingerprint density at radius 2 is 1.18 bits per heavy atom. The van der Waals surface area contributed by atoms with Crippen LogP contribution in [0.15, 0.2) is 48.5 Å². The number of nitrogens with one attached hydrogen (secondary N) is 1. The number of benzene rings is 2. The highest BCUT2D eigenvalue weighted by Crippen LogP contribution is 2.48. The molecule has 1 aliphatic rings. The normalized spacial score (nSPS) is 26.6. The van der Waals surface area contributed by atoms with Crippen LogP contribution in [0.4, 0.5) is 0 Å². The number of nitro groups is 2. The van der Waals surface area contributed by atoms with Crippen LogP contribution in [0, 0.1) is 25.6 Å². The lowest BCUT2D eigenvalue weighted by atomic mass is 9.66. The molecule has 4 atom stereocenters. The summed E-state index contributed by atoms with van der Waals surface area (Å²) in [7, 11) is 0. The number of hydrogen-bond acceptors (Lipinski definition) is 5. The van der Waals surface area contributed by atoms with E-state index >= 15 is 0 Å². The molecule has 0 unspecified atom stereocenters. The van der Waals surface area contributed by atoms with Crippen molar-refractivity contribution in [2.45, 2.75) is 38.0 Å². The van der Waals surface area contributed by atoms with E-state index in [4.69, 9.17) is 23.2 Å². The Hall–Kier alpha value is -2.22. The SMILES string of the molecule is CC1(C)[C@H]([N+](=O)[O-])[C@@H](c2ccccc2Cl)N[C@@H](c2ccccc2Cl)[C@H]1[N+](=O)[O-].